The van der Waals surface area contributed by atoms with Gasteiger partial charge in [0.1, 0.15) is 0 Å². The van der Waals surface area contributed by atoms with Crippen LogP contribution in [0.25, 0.3) is 11.4 Å². The van der Waals surface area contributed by atoms with Gasteiger partial charge in [-0.3, -0.25) is 14.2 Å². The Morgan fingerprint density at radius 3 is 2.71 bits per heavy atom. The molecule has 0 spiro atoms. The number of hydrogen-bond donors (Lipinski definition) is 1. The lowest BCUT2D eigenvalue weighted by atomic mass is 10.2. The quantitative estimate of drug-likeness (QED) is 0.739. The van der Waals surface area contributed by atoms with Crippen molar-refractivity contribution in [2.24, 2.45) is 0 Å². The molecule has 1 N–H and O–H groups in total. The number of nitrogens with zero attached hydrogens (tertiary/aromatic N) is 1. The summed E-state index contributed by atoms with van der Waals surface area (Å²) in [6.45, 7) is 0. The summed E-state index contributed by atoms with van der Waals surface area (Å²) in [6.07, 6.45) is 4.71. The standard InChI is InChI=1S/C10H8N2O2/c13-6-8-3-5-12(7-14)10(8)9-2-1-4-11-9/h1-7,11H. The van der Waals surface area contributed by atoms with E-state index in [1.807, 2.05) is 12.1 Å². The van der Waals surface area contributed by atoms with Crippen molar-refractivity contribution in [2.45, 2.75) is 0 Å². The maximum atomic E-state index is 10.7. The van der Waals surface area contributed by atoms with Crippen molar-refractivity contribution in [3.63, 3.8) is 0 Å². The molecule has 0 aromatic carbocycles. The van der Waals surface area contributed by atoms with Crippen LogP contribution in [0, 0.1) is 0 Å². The Balaban J connectivity index is 2.65. The highest BCUT2D eigenvalue weighted by Gasteiger charge is 2.10. The molecular weight excluding hydrogens is 180 g/mol. The number of nitrogens with one attached hydrogen (secondary N) is 1. The second kappa shape index (κ2) is 3.33. The van der Waals surface area contributed by atoms with E-state index in [4.69, 9.17) is 0 Å². The molecule has 0 saturated carbocycles. The van der Waals surface area contributed by atoms with Gasteiger partial charge >= 0.3 is 0 Å². The fourth-order valence-electron chi connectivity index (χ4n) is 1.42. The minimum atomic E-state index is 0.500. The molecule has 0 fully saturated rings. The molecule has 2 aromatic heterocycles. The summed E-state index contributed by atoms with van der Waals surface area (Å²) in [5, 5.41) is 0. The van der Waals surface area contributed by atoms with Gasteiger partial charge in [-0.2, -0.15) is 0 Å². The van der Waals surface area contributed by atoms with Crippen LogP contribution in [-0.4, -0.2) is 22.2 Å². The van der Waals surface area contributed by atoms with E-state index in [1.165, 1.54) is 4.57 Å². The van der Waals surface area contributed by atoms with Crippen LogP contribution in [0.4, 0.5) is 0 Å². The molecule has 0 bridgehead atoms. The van der Waals surface area contributed by atoms with Crippen LogP contribution >= 0.6 is 0 Å². The van der Waals surface area contributed by atoms with Crippen molar-refractivity contribution in [2.75, 3.05) is 0 Å². The predicted molar refractivity (Wildman–Crippen MR) is 51.8 cm³/mol. The monoisotopic (exact) mass is 188 g/mol. The first-order valence-electron chi connectivity index (χ1n) is 4.12. The van der Waals surface area contributed by atoms with Gasteiger partial charge in [0.05, 0.1) is 11.4 Å². The van der Waals surface area contributed by atoms with E-state index >= 15 is 0 Å². The minimum Gasteiger partial charge on any atom is -0.360 e. The summed E-state index contributed by atoms with van der Waals surface area (Å²) >= 11 is 0. The van der Waals surface area contributed by atoms with Gasteiger partial charge in [0.15, 0.2) is 6.29 Å². The molecule has 0 radical (unpaired) electrons. The summed E-state index contributed by atoms with van der Waals surface area (Å²) in [4.78, 5) is 24.3. The highest BCUT2D eigenvalue weighted by molar-refractivity contribution is 5.87. The van der Waals surface area contributed by atoms with E-state index in [1.54, 1.807) is 18.5 Å². The lowest BCUT2D eigenvalue weighted by Gasteiger charge is -1.99. The number of carbonyl (C=O) groups excluding carboxylic acids is 2. The van der Waals surface area contributed by atoms with Gasteiger partial charge in [0.2, 0.25) is 6.41 Å². The Morgan fingerprint density at radius 2 is 2.14 bits per heavy atom. The van der Waals surface area contributed by atoms with Crippen molar-refractivity contribution in [3.05, 3.63) is 36.2 Å². The number of hydrogen-bond acceptors (Lipinski definition) is 2. The molecular formula is C10H8N2O2. The van der Waals surface area contributed by atoms with Crippen LogP contribution in [0.15, 0.2) is 30.6 Å². The average Bonchev–Trinajstić information content (AvgIpc) is 2.85. The second-order valence-electron chi connectivity index (χ2n) is 2.83. The zero-order valence-electron chi connectivity index (χ0n) is 7.31. The average molecular weight is 188 g/mol. The Hall–Kier alpha value is -2.10. The van der Waals surface area contributed by atoms with Crippen molar-refractivity contribution < 1.29 is 9.59 Å². The number of aldehydes is 1. The van der Waals surface area contributed by atoms with E-state index in [9.17, 15) is 9.59 Å². The van der Waals surface area contributed by atoms with Gasteiger partial charge in [-0.1, -0.05) is 0 Å². The van der Waals surface area contributed by atoms with Gasteiger partial charge in [-0.25, -0.2) is 0 Å². The molecule has 0 amide bonds. The number of rotatable bonds is 3. The molecule has 2 heterocycles. The summed E-state index contributed by atoms with van der Waals surface area (Å²) in [6, 6.07) is 5.23. The topological polar surface area (TPSA) is 54.9 Å². The van der Waals surface area contributed by atoms with E-state index < -0.39 is 0 Å². The van der Waals surface area contributed by atoms with Gasteiger partial charge in [0, 0.05) is 18.0 Å². The molecule has 4 nitrogen and oxygen atoms in total. The Kier molecular flexibility index (Phi) is 2.02. The number of aromatic nitrogens is 2. The molecule has 2 rings (SSSR count). The molecule has 0 aliphatic heterocycles. The van der Waals surface area contributed by atoms with Gasteiger partial charge in [-0.15, -0.1) is 0 Å². The molecule has 2 aromatic rings. The highest BCUT2D eigenvalue weighted by Crippen LogP contribution is 2.20. The summed E-state index contributed by atoms with van der Waals surface area (Å²) in [5.41, 5.74) is 1.85. The fourth-order valence-corrected chi connectivity index (χ4v) is 1.42. The van der Waals surface area contributed by atoms with Crippen LogP contribution in [0.1, 0.15) is 10.4 Å². The zero-order chi connectivity index (χ0) is 9.97. The van der Waals surface area contributed by atoms with E-state index in [0.717, 1.165) is 12.0 Å². The predicted octanol–water partition coefficient (Wildman–Crippen LogP) is 1.33. The Morgan fingerprint density at radius 1 is 1.29 bits per heavy atom. The first kappa shape index (κ1) is 8.50. The van der Waals surface area contributed by atoms with Gasteiger partial charge in [-0.05, 0) is 18.2 Å². The Bertz CT molecular complexity index is 429. The normalized spacial score (nSPS) is 10.0. The summed E-state index contributed by atoms with van der Waals surface area (Å²) < 4.78 is 1.37. The molecule has 0 atom stereocenters. The number of carbonyl (C=O) groups is 2. The molecule has 70 valence electrons. The van der Waals surface area contributed by atoms with Crippen LogP contribution < -0.4 is 0 Å². The van der Waals surface area contributed by atoms with E-state index in [2.05, 4.69) is 4.98 Å². The fraction of sp³-hybridized carbons (Fsp3) is 0. The molecule has 4 heteroatoms. The van der Waals surface area contributed by atoms with E-state index in [0.29, 0.717) is 17.7 Å². The summed E-state index contributed by atoms with van der Waals surface area (Å²) in [5.74, 6) is 0. The first-order chi connectivity index (χ1) is 6.86. The first-order valence-corrected chi connectivity index (χ1v) is 4.12. The van der Waals surface area contributed by atoms with Crippen LogP contribution in [0.3, 0.4) is 0 Å². The maximum absolute atomic E-state index is 10.7. The van der Waals surface area contributed by atoms with Crippen molar-refractivity contribution >= 4 is 12.7 Å². The van der Waals surface area contributed by atoms with Crippen molar-refractivity contribution in [1.82, 2.24) is 9.55 Å². The molecule has 14 heavy (non-hydrogen) atoms. The third kappa shape index (κ3) is 1.17. The second-order valence-corrected chi connectivity index (χ2v) is 2.83. The third-order valence-corrected chi connectivity index (χ3v) is 2.04. The van der Waals surface area contributed by atoms with Crippen LogP contribution in [-0.2, 0) is 4.79 Å². The van der Waals surface area contributed by atoms with Crippen molar-refractivity contribution in [1.29, 1.82) is 0 Å². The molecule has 0 aliphatic rings. The molecule has 0 aliphatic carbocycles. The molecule has 0 unspecified atom stereocenters. The van der Waals surface area contributed by atoms with Gasteiger partial charge < -0.3 is 4.98 Å². The van der Waals surface area contributed by atoms with Crippen LogP contribution in [0.5, 0.6) is 0 Å². The van der Waals surface area contributed by atoms with Crippen LogP contribution in [0.2, 0.25) is 0 Å². The van der Waals surface area contributed by atoms with E-state index in [-0.39, 0.29) is 0 Å². The largest absolute Gasteiger partial charge is 0.360 e. The lowest BCUT2D eigenvalue weighted by molar-refractivity contribution is 0.112. The highest BCUT2D eigenvalue weighted by atomic mass is 16.1. The Labute approximate surface area is 80.2 Å². The van der Waals surface area contributed by atoms with Crippen molar-refractivity contribution in [3.8, 4) is 11.4 Å². The number of H-pyrrole nitrogens is 1. The minimum absolute atomic E-state index is 0.500. The lowest BCUT2D eigenvalue weighted by Crippen LogP contribution is -1.97. The summed E-state index contributed by atoms with van der Waals surface area (Å²) in [7, 11) is 0. The molecule has 0 saturated heterocycles. The third-order valence-electron chi connectivity index (χ3n) is 2.04. The smallest absolute Gasteiger partial charge is 0.218 e. The zero-order valence-corrected chi connectivity index (χ0v) is 7.31. The maximum Gasteiger partial charge on any atom is 0.218 e. The number of aromatic amines is 1. The van der Waals surface area contributed by atoms with Gasteiger partial charge in [0.25, 0.3) is 0 Å². The SMILES string of the molecule is O=Cc1ccn(C=O)c1-c1ccc[nH]1.